The summed E-state index contributed by atoms with van der Waals surface area (Å²) < 4.78 is 13.0. The van der Waals surface area contributed by atoms with Gasteiger partial charge in [-0.25, -0.2) is 0 Å². The summed E-state index contributed by atoms with van der Waals surface area (Å²) in [6, 6.07) is 3.26. The monoisotopic (exact) mass is 238 g/mol. The summed E-state index contributed by atoms with van der Waals surface area (Å²) in [6.07, 6.45) is 0.912. The number of nitrogens with zero attached hydrogens (tertiary/aromatic N) is 1. The van der Waals surface area contributed by atoms with Crippen LogP contribution in [0.1, 0.15) is 23.7 Å². The normalized spacial score (nSPS) is 22.0. The van der Waals surface area contributed by atoms with E-state index in [-0.39, 0.29) is 11.6 Å². The lowest BCUT2D eigenvalue weighted by Crippen LogP contribution is -2.26. The van der Waals surface area contributed by atoms with E-state index in [1.165, 1.54) is 6.07 Å². The van der Waals surface area contributed by atoms with E-state index < -0.39 is 22.3 Å². The van der Waals surface area contributed by atoms with Gasteiger partial charge in [-0.3, -0.25) is 14.9 Å². The second kappa shape index (κ2) is 4.12. The van der Waals surface area contributed by atoms with Crippen molar-refractivity contribution in [3.8, 4) is 0 Å². The average Bonchev–Trinajstić information content (AvgIpc) is 2.94. The number of amides is 1. The molecule has 0 heterocycles. The zero-order valence-electron chi connectivity index (χ0n) is 9.14. The number of nitro benzene ring substituents is 1. The Kier molecular flexibility index (Phi) is 2.79. The fraction of sp³-hybridized carbons (Fsp3) is 0.364. The lowest BCUT2D eigenvalue weighted by atomic mass is 10.2. The van der Waals surface area contributed by atoms with Crippen LogP contribution in [-0.4, -0.2) is 16.9 Å². The number of carbonyl (C=O) groups excluding carboxylic acids is 1. The predicted molar refractivity (Wildman–Crippen MR) is 58.1 cm³/mol. The molecular weight excluding hydrogens is 227 g/mol. The molecule has 0 saturated heterocycles. The van der Waals surface area contributed by atoms with Crippen LogP contribution in [0, 0.1) is 21.8 Å². The van der Waals surface area contributed by atoms with Crippen molar-refractivity contribution in [2.75, 3.05) is 0 Å². The summed E-state index contributed by atoms with van der Waals surface area (Å²) >= 11 is 0. The van der Waals surface area contributed by atoms with Crippen LogP contribution in [0.5, 0.6) is 0 Å². The molecule has 0 aromatic heterocycles. The standard InChI is InChI=1S/C11H11FN2O3/c1-6-4-9(6)13-11(15)7-2-3-8(12)10(5-7)14(16)17/h2-3,5-6,9H,4H2,1H3,(H,13,15). The van der Waals surface area contributed by atoms with Crippen molar-refractivity contribution < 1.29 is 14.1 Å². The highest BCUT2D eigenvalue weighted by molar-refractivity contribution is 5.95. The van der Waals surface area contributed by atoms with E-state index in [1.807, 2.05) is 6.92 Å². The van der Waals surface area contributed by atoms with E-state index in [0.717, 1.165) is 18.6 Å². The molecule has 2 atom stereocenters. The van der Waals surface area contributed by atoms with Crippen LogP contribution in [0.25, 0.3) is 0 Å². The molecule has 0 bridgehead atoms. The minimum absolute atomic E-state index is 0.109. The maximum absolute atomic E-state index is 13.0. The molecule has 0 aliphatic heterocycles. The minimum Gasteiger partial charge on any atom is -0.349 e. The van der Waals surface area contributed by atoms with E-state index in [2.05, 4.69) is 5.32 Å². The topological polar surface area (TPSA) is 72.2 Å². The number of hydrogen-bond acceptors (Lipinski definition) is 3. The summed E-state index contributed by atoms with van der Waals surface area (Å²) in [4.78, 5) is 21.3. The summed E-state index contributed by atoms with van der Waals surface area (Å²) in [7, 11) is 0. The van der Waals surface area contributed by atoms with Gasteiger partial charge in [-0.1, -0.05) is 6.92 Å². The van der Waals surface area contributed by atoms with Gasteiger partial charge in [-0.05, 0) is 24.5 Å². The van der Waals surface area contributed by atoms with Gasteiger partial charge in [0.1, 0.15) is 0 Å². The molecule has 17 heavy (non-hydrogen) atoms. The maximum Gasteiger partial charge on any atom is 0.305 e. The van der Waals surface area contributed by atoms with Crippen molar-refractivity contribution in [2.24, 2.45) is 5.92 Å². The Morgan fingerprint density at radius 1 is 1.59 bits per heavy atom. The Hall–Kier alpha value is -1.98. The zero-order valence-corrected chi connectivity index (χ0v) is 9.14. The quantitative estimate of drug-likeness (QED) is 0.645. The van der Waals surface area contributed by atoms with Gasteiger partial charge >= 0.3 is 5.69 Å². The Balaban J connectivity index is 2.18. The van der Waals surface area contributed by atoms with Crippen LogP contribution < -0.4 is 5.32 Å². The first kappa shape index (κ1) is 11.5. The van der Waals surface area contributed by atoms with Gasteiger partial charge in [0.2, 0.25) is 5.82 Å². The van der Waals surface area contributed by atoms with Gasteiger partial charge in [-0.2, -0.15) is 4.39 Å². The van der Waals surface area contributed by atoms with Crippen molar-refractivity contribution in [3.63, 3.8) is 0 Å². The Labute approximate surface area is 96.8 Å². The molecule has 1 aromatic rings. The first-order valence-corrected chi connectivity index (χ1v) is 5.24. The molecular formula is C11H11FN2O3. The number of benzene rings is 1. The molecule has 1 amide bonds. The van der Waals surface area contributed by atoms with Gasteiger partial charge in [-0.15, -0.1) is 0 Å². The smallest absolute Gasteiger partial charge is 0.305 e. The van der Waals surface area contributed by atoms with E-state index >= 15 is 0 Å². The number of halogens is 1. The zero-order chi connectivity index (χ0) is 12.6. The Morgan fingerprint density at radius 3 is 2.76 bits per heavy atom. The highest BCUT2D eigenvalue weighted by atomic mass is 19.1. The Morgan fingerprint density at radius 2 is 2.24 bits per heavy atom. The SMILES string of the molecule is CC1CC1NC(=O)c1ccc(F)c([N+](=O)[O-])c1. The lowest BCUT2D eigenvalue weighted by molar-refractivity contribution is -0.387. The molecule has 1 N–H and O–H groups in total. The first-order chi connectivity index (χ1) is 7.99. The molecule has 2 unspecified atom stereocenters. The van der Waals surface area contributed by atoms with E-state index in [1.54, 1.807) is 0 Å². The maximum atomic E-state index is 13.0. The van der Waals surface area contributed by atoms with Crippen LogP contribution in [0.4, 0.5) is 10.1 Å². The summed E-state index contributed by atoms with van der Waals surface area (Å²) in [5.74, 6) is -0.900. The average molecular weight is 238 g/mol. The predicted octanol–water partition coefficient (Wildman–Crippen LogP) is 1.87. The molecule has 1 fully saturated rings. The fourth-order valence-corrected chi connectivity index (χ4v) is 1.57. The fourth-order valence-electron chi connectivity index (χ4n) is 1.57. The molecule has 1 aliphatic carbocycles. The number of nitro groups is 1. The van der Waals surface area contributed by atoms with Crippen molar-refractivity contribution in [2.45, 2.75) is 19.4 Å². The van der Waals surface area contributed by atoms with Crippen molar-refractivity contribution in [3.05, 3.63) is 39.7 Å². The van der Waals surface area contributed by atoms with Crippen LogP contribution in [0.15, 0.2) is 18.2 Å². The summed E-state index contributed by atoms with van der Waals surface area (Å²) in [5.41, 5.74) is -0.571. The van der Waals surface area contributed by atoms with Crippen LogP contribution in [0.2, 0.25) is 0 Å². The largest absolute Gasteiger partial charge is 0.349 e. The molecule has 90 valence electrons. The third kappa shape index (κ3) is 2.41. The molecule has 1 saturated carbocycles. The van der Waals surface area contributed by atoms with Crippen molar-refractivity contribution >= 4 is 11.6 Å². The number of rotatable bonds is 3. The molecule has 1 aliphatic rings. The molecule has 0 radical (unpaired) electrons. The van der Waals surface area contributed by atoms with Gasteiger partial charge in [0.05, 0.1) is 4.92 Å². The molecule has 5 nitrogen and oxygen atoms in total. The number of carbonyl (C=O) groups is 1. The van der Waals surface area contributed by atoms with Gasteiger partial charge in [0.25, 0.3) is 5.91 Å². The molecule has 6 heteroatoms. The molecule has 0 spiro atoms. The second-order valence-electron chi connectivity index (χ2n) is 4.22. The third-order valence-electron chi connectivity index (χ3n) is 2.83. The van der Waals surface area contributed by atoms with E-state index in [4.69, 9.17) is 0 Å². The van der Waals surface area contributed by atoms with Crippen molar-refractivity contribution in [1.29, 1.82) is 0 Å². The first-order valence-electron chi connectivity index (χ1n) is 5.24. The molecule has 1 aromatic carbocycles. The summed E-state index contributed by atoms with van der Waals surface area (Å²) in [6.45, 7) is 2.00. The van der Waals surface area contributed by atoms with Gasteiger partial charge in [0.15, 0.2) is 0 Å². The van der Waals surface area contributed by atoms with E-state index in [9.17, 15) is 19.3 Å². The van der Waals surface area contributed by atoms with Crippen LogP contribution in [0.3, 0.4) is 0 Å². The van der Waals surface area contributed by atoms with Gasteiger partial charge in [0, 0.05) is 17.7 Å². The number of hydrogen-bond donors (Lipinski definition) is 1. The summed E-state index contributed by atoms with van der Waals surface area (Å²) in [5, 5.41) is 13.2. The van der Waals surface area contributed by atoms with Gasteiger partial charge < -0.3 is 5.32 Å². The Bertz CT molecular complexity index is 490. The highest BCUT2D eigenvalue weighted by Gasteiger charge is 2.34. The van der Waals surface area contributed by atoms with Crippen molar-refractivity contribution in [1.82, 2.24) is 5.32 Å². The highest BCUT2D eigenvalue weighted by Crippen LogP contribution is 2.29. The molecule has 2 rings (SSSR count). The second-order valence-corrected chi connectivity index (χ2v) is 4.22. The third-order valence-corrected chi connectivity index (χ3v) is 2.83. The van der Waals surface area contributed by atoms with Crippen LogP contribution in [-0.2, 0) is 0 Å². The van der Waals surface area contributed by atoms with Crippen LogP contribution >= 0.6 is 0 Å². The van der Waals surface area contributed by atoms with E-state index in [0.29, 0.717) is 5.92 Å². The number of nitrogens with one attached hydrogen (secondary N) is 1. The minimum atomic E-state index is -0.939. The lowest BCUT2D eigenvalue weighted by Gasteiger charge is -2.03.